The molecule has 3 rings (SSSR count). The van der Waals surface area contributed by atoms with Crippen molar-refractivity contribution in [1.29, 1.82) is 0 Å². The van der Waals surface area contributed by atoms with Gasteiger partial charge in [-0.3, -0.25) is 9.78 Å². The van der Waals surface area contributed by atoms with Crippen molar-refractivity contribution in [3.05, 3.63) is 51.7 Å². The smallest absolute Gasteiger partial charge is 0.224 e. The molecule has 160 valence electrons. The van der Waals surface area contributed by atoms with Crippen molar-refractivity contribution in [2.24, 2.45) is 0 Å². The molecule has 1 unspecified atom stereocenters. The molecule has 1 atom stereocenters. The maximum Gasteiger partial charge on any atom is 0.224 e. The lowest BCUT2D eigenvalue weighted by molar-refractivity contribution is 0.103. The summed E-state index contributed by atoms with van der Waals surface area (Å²) in [6.07, 6.45) is 6.61. The minimum Gasteiger partial charge on any atom is -0.415 e. The number of pyridine rings is 1. The Bertz CT molecular complexity index is 1090. The normalized spacial score (nSPS) is 13.6. The molecule has 0 bridgehead atoms. The minimum absolute atomic E-state index is 0.0326. The van der Waals surface area contributed by atoms with E-state index in [2.05, 4.69) is 71.7 Å². The fourth-order valence-electron chi connectivity index (χ4n) is 2.84. The topological polar surface area (TPSA) is 69.9 Å². The van der Waals surface area contributed by atoms with Crippen molar-refractivity contribution in [1.82, 2.24) is 19.5 Å². The quantitative estimate of drug-likeness (QED) is 0.230. The van der Waals surface area contributed by atoms with E-state index in [-0.39, 0.29) is 22.1 Å². The van der Waals surface area contributed by atoms with E-state index in [4.69, 9.17) is 16.0 Å². The van der Waals surface area contributed by atoms with Crippen LogP contribution in [0.4, 0.5) is 0 Å². The van der Waals surface area contributed by atoms with E-state index in [1.165, 1.54) is 0 Å². The zero-order valence-electron chi connectivity index (χ0n) is 18.0. The highest BCUT2D eigenvalue weighted by Crippen LogP contribution is 2.37. The molecule has 0 aliphatic heterocycles. The molecule has 9 heteroatoms. The van der Waals surface area contributed by atoms with Gasteiger partial charge in [-0.15, -0.1) is 0 Å². The molecule has 0 fully saturated rings. The Morgan fingerprint density at radius 2 is 2.00 bits per heavy atom. The van der Waals surface area contributed by atoms with Gasteiger partial charge < -0.3 is 8.99 Å². The summed E-state index contributed by atoms with van der Waals surface area (Å²) in [5.41, 5.74) is 1.62. The Kier molecular flexibility index (Phi) is 6.53. The lowest BCUT2D eigenvalue weighted by atomic mass is 10.1. The second kappa shape index (κ2) is 8.49. The predicted molar refractivity (Wildman–Crippen MR) is 126 cm³/mol. The van der Waals surface area contributed by atoms with Crippen LogP contribution < -0.4 is 0 Å². The van der Waals surface area contributed by atoms with Gasteiger partial charge in [0.1, 0.15) is 5.65 Å². The highest BCUT2D eigenvalue weighted by Gasteiger charge is 2.37. The number of aromatic nitrogens is 4. The average Bonchev–Trinajstić information content (AvgIpc) is 3.03. The third-order valence-corrected chi connectivity index (χ3v) is 10.8. The van der Waals surface area contributed by atoms with E-state index in [0.717, 1.165) is 4.47 Å². The van der Waals surface area contributed by atoms with Crippen LogP contribution in [0.25, 0.3) is 11.0 Å². The first-order valence-electron chi connectivity index (χ1n) is 9.73. The van der Waals surface area contributed by atoms with Crippen molar-refractivity contribution in [3.63, 3.8) is 0 Å². The number of hydrogen-bond acceptors (Lipinski definition) is 5. The maximum atomic E-state index is 13.2. The van der Waals surface area contributed by atoms with E-state index < -0.39 is 8.32 Å². The van der Waals surface area contributed by atoms with Gasteiger partial charge in [0.15, 0.2) is 14.1 Å². The number of rotatable bonds is 6. The van der Waals surface area contributed by atoms with E-state index in [1.807, 2.05) is 10.8 Å². The lowest BCUT2D eigenvalue weighted by Gasteiger charge is -2.37. The van der Waals surface area contributed by atoms with E-state index in [9.17, 15) is 4.79 Å². The monoisotopic (exact) mass is 508 g/mol. The van der Waals surface area contributed by atoms with E-state index in [1.54, 1.807) is 24.7 Å². The average molecular weight is 510 g/mol. The molecule has 0 aromatic carbocycles. The number of hydrogen-bond donors (Lipinski definition) is 0. The molecule has 0 aliphatic carbocycles. The Balaban J connectivity index is 1.99. The molecule has 0 saturated carbocycles. The second-order valence-electron chi connectivity index (χ2n) is 8.97. The zero-order valence-corrected chi connectivity index (χ0v) is 21.4. The number of carbonyl (C=O) groups is 1. The van der Waals surface area contributed by atoms with Crippen LogP contribution in [0.5, 0.6) is 0 Å². The van der Waals surface area contributed by atoms with Crippen LogP contribution in [-0.4, -0.2) is 40.2 Å². The van der Waals surface area contributed by atoms with Gasteiger partial charge in [-0.05, 0) is 58.7 Å². The summed E-state index contributed by atoms with van der Waals surface area (Å²) in [4.78, 5) is 25.8. The van der Waals surface area contributed by atoms with Crippen LogP contribution in [-0.2, 0) is 4.43 Å². The van der Waals surface area contributed by atoms with Crippen LogP contribution in [0, 0.1) is 0 Å². The number of nitrogens with zero attached hydrogens (tertiary/aromatic N) is 4. The molecule has 3 aromatic heterocycles. The van der Waals surface area contributed by atoms with Gasteiger partial charge in [0.2, 0.25) is 5.28 Å². The van der Waals surface area contributed by atoms with Crippen LogP contribution in [0.15, 0.2) is 35.3 Å². The minimum atomic E-state index is -1.91. The second-order valence-corrected chi connectivity index (χ2v) is 15.0. The number of carbonyl (C=O) groups excluding carboxylic acids is 1. The molecule has 3 heterocycles. The third kappa shape index (κ3) is 4.66. The van der Waals surface area contributed by atoms with Crippen molar-refractivity contribution in [3.8, 4) is 0 Å². The fraction of sp³-hybridized carbons (Fsp3) is 0.429. The molecule has 30 heavy (non-hydrogen) atoms. The molecular weight excluding hydrogens is 484 g/mol. The lowest BCUT2D eigenvalue weighted by Crippen LogP contribution is -2.41. The van der Waals surface area contributed by atoms with Crippen molar-refractivity contribution < 1.29 is 9.22 Å². The van der Waals surface area contributed by atoms with Gasteiger partial charge in [0.05, 0.1) is 18.2 Å². The first-order chi connectivity index (χ1) is 13.9. The molecule has 0 radical (unpaired) electrons. The fourth-order valence-corrected chi connectivity index (χ4v) is 4.43. The van der Waals surface area contributed by atoms with Crippen molar-refractivity contribution in [2.45, 2.75) is 51.9 Å². The van der Waals surface area contributed by atoms with Crippen LogP contribution in [0.2, 0.25) is 23.4 Å². The molecule has 0 spiro atoms. The zero-order chi connectivity index (χ0) is 22.3. The van der Waals surface area contributed by atoms with Gasteiger partial charge in [-0.25, -0.2) is 4.98 Å². The van der Waals surface area contributed by atoms with Gasteiger partial charge in [0, 0.05) is 40.2 Å². The summed E-state index contributed by atoms with van der Waals surface area (Å²) in [7, 11) is -1.91. The van der Waals surface area contributed by atoms with E-state index in [0.29, 0.717) is 28.8 Å². The largest absolute Gasteiger partial charge is 0.415 e. The van der Waals surface area contributed by atoms with Gasteiger partial charge in [-0.1, -0.05) is 20.8 Å². The van der Waals surface area contributed by atoms with Crippen LogP contribution in [0.3, 0.4) is 0 Å². The first-order valence-corrected chi connectivity index (χ1v) is 13.8. The summed E-state index contributed by atoms with van der Waals surface area (Å²) in [6.45, 7) is 13.7. The molecule has 3 aromatic rings. The number of fused-ring (bicyclic) bond motifs is 1. The molecule has 0 N–H and O–H groups in total. The SMILES string of the molecule is CC(CO[Si](C)(C)C(C)(C)C)n1cc(C(=O)c2cncc(Br)c2)c2cnc(Cl)nc21. The molecule has 0 amide bonds. The number of ketones is 1. The van der Waals surface area contributed by atoms with Crippen molar-refractivity contribution >= 4 is 52.7 Å². The van der Waals surface area contributed by atoms with E-state index >= 15 is 0 Å². The predicted octanol–water partition coefficient (Wildman–Crippen LogP) is 6.06. The summed E-state index contributed by atoms with van der Waals surface area (Å²) >= 11 is 9.44. The Morgan fingerprint density at radius 3 is 2.63 bits per heavy atom. The molecule has 6 nitrogen and oxygen atoms in total. The molecule has 0 aliphatic rings. The highest BCUT2D eigenvalue weighted by molar-refractivity contribution is 9.10. The number of halogens is 2. The van der Waals surface area contributed by atoms with Crippen molar-refractivity contribution in [2.75, 3.05) is 6.61 Å². The maximum absolute atomic E-state index is 13.2. The summed E-state index contributed by atoms with van der Waals surface area (Å²) in [6, 6.07) is 1.72. The van der Waals surface area contributed by atoms with Gasteiger partial charge >= 0.3 is 0 Å². The van der Waals surface area contributed by atoms with Crippen LogP contribution in [0.1, 0.15) is 49.7 Å². The summed E-state index contributed by atoms with van der Waals surface area (Å²) < 4.78 is 9.10. The Hall–Kier alpha value is -1.61. The molecule has 0 saturated heterocycles. The standard InChI is InChI=1S/C21H26BrClN4O2Si/c1-13(12-29-30(5,6)21(2,3)4)27-11-17(16-10-25-20(23)26-19(16)27)18(28)14-7-15(22)9-24-8-14/h7-11,13H,12H2,1-6H3. The third-order valence-electron chi connectivity index (χ3n) is 5.72. The van der Waals surface area contributed by atoms with Gasteiger partial charge in [-0.2, -0.15) is 4.98 Å². The summed E-state index contributed by atoms with van der Waals surface area (Å²) in [5.74, 6) is -0.143. The Labute approximate surface area is 191 Å². The first kappa shape index (κ1) is 23.1. The van der Waals surface area contributed by atoms with Gasteiger partial charge in [0.25, 0.3) is 0 Å². The Morgan fingerprint density at radius 1 is 1.30 bits per heavy atom. The van der Waals surface area contributed by atoms with Crippen LogP contribution >= 0.6 is 27.5 Å². The highest BCUT2D eigenvalue weighted by atomic mass is 79.9. The molecular formula is C21H26BrClN4O2Si. The summed E-state index contributed by atoms with van der Waals surface area (Å²) in [5, 5.41) is 0.914.